The van der Waals surface area contributed by atoms with Gasteiger partial charge in [-0.05, 0) is 75.4 Å². The lowest BCUT2D eigenvalue weighted by molar-refractivity contribution is -0.143. The second-order valence-electron chi connectivity index (χ2n) is 10.7. The maximum atomic E-state index is 13.9. The summed E-state index contributed by atoms with van der Waals surface area (Å²) in [6.45, 7) is 6.63. The zero-order valence-electron chi connectivity index (χ0n) is 22.3. The monoisotopic (exact) mass is 517 g/mol. The molecule has 4 rings (SSSR count). The van der Waals surface area contributed by atoms with Crippen LogP contribution in [-0.4, -0.2) is 46.1 Å². The Morgan fingerprint density at radius 3 is 2.39 bits per heavy atom. The van der Waals surface area contributed by atoms with Crippen LogP contribution in [-0.2, 0) is 14.3 Å². The van der Waals surface area contributed by atoms with E-state index in [9.17, 15) is 19.5 Å². The van der Waals surface area contributed by atoms with Gasteiger partial charge in [-0.3, -0.25) is 9.59 Å². The zero-order chi connectivity index (χ0) is 27.4. The lowest BCUT2D eigenvalue weighted by Gasteiger charge is -2.42. The molecule has 1 fully saturated rings. The molecule has 3 aromatic carbocycles. The van der Waals surface area contributed by atoms with Crippen molar-refractivity contribution in [3.05, 3.63) is 71.8 Å². The second kappa shape index (κ2) is 11.1. The van der Waals surface area contributed by atoms with E-state index in [4.69, 9.17) is 4.74 Å². The van der Waals surface area contributed by atoms with Crippen LogP contribution < -0.4 is 10.6 Å². The number of phenolic OH excluding ortho intramolecular Hbond substituents is 1. The molecule has 0 aromatic heterocycles. The predicted octanol–water partition coefficient (Wildman–Crippen LogP) is 5.44. The van der Waals surface area contributed by atoms with Gasteiger partial charge in [-0.1, -0.05) is 48.5 Å². The zero-order valence-corrected chi connectivity index (χ0v) is 22.3. The van der Waals surface area contributed by atoms with Crippen molar-refractivity contribution in [2.75, 3.05) is 11.9 Å². The third-order valence-corrected chi connectivity index (χ3v) is 6.65. The Morgan fingerprint density at radius 2 is 1.74 bits per heavy atom. The first kappa shape index (κ1) is 27.0. The Kier molecular flexibility index (Phi) is 7.90. The van der Waals surface area contributed by atoms with Gasteiger partial charge in [0.25, 0.3) is 5.91 Å². The van der Waals surface area contributed by atoms with Gasteiger partial charge in [0.15, 0.2) is 0 Å². The van der Waals surface area contributed by atoms with Crippen molar-refractivity contribution in [3.63, 3.8) is 0 Å². The van der Waals surface area contributed by atoms with Crippen LogP contribution in [0, 0.1) is 6.92 Å². The fraction of sp³-hybridized carbons (Fsp3) is 0.367. The molecule has 3 amide bonds. The molecule has 0 heterocycles. The van der Waals surface area contributed by atoms with Gasteiger partial charge in [-0.15, -0.1) is 0 Å². The van der Waals surface area contributed by atoms with E-state index in [1.807, 2.05) is 42.5 Å². The number of nitrogens with zero attached hydrogens (tertiary/aromatic N) is 1. The molecule has 200 valence electrons. The molecule has 0 bridgehead atoms. The molecule has 0 spiro atoms. The third-order valence-electron chi connectivity index (χ3n) is 6.65. The number of carbonyl (C=O) groups excluding carboxylic acids is 3. The number of ether oxygens (including phenoxy) is 1. The maximum absolute atomic E-state index is 13.9. The van der Waals surface area contributed by atoms with Crippen molar-refractivity contribution >= 4 is 34.4 Å². The van der Waals surface area contributed by atoms with Crippen LogP contribution in [0.3, 0.4) is 0 Å². The van der Waals surface area contributed by atoms with Crippen molar-refractivity contribution in [3.8, 4) is 5.75 Å². The van der Waals surface area contributed by atoms with E-state index >= 15 is 0 Å². The molecular weight excluding hydrogens is 482 g/mol. The molecule has 1 unspecified atom stereocenters. The molecule has 1 saturated carbocycles. The van der Waals surface area contributed by atoms with Gasteiger partial charge in [-0.25, -0.2) is 4.79 Å². The summed E-state index contributed by atoms with van der Waals surface area (Å²) in [4.78, 5) is 41.2. The molecule has 8 nitrogen and oxygen atoms in total. The number of hydrogen-bond donors (Lipinski definition) is 3. The lowest BCUT2D eigenvalue weighted by atomic mass is 9.88. The topological polar surface area (TPSA) is 108 Å². The molecule has 1 aliphatic rings. The summed E-state index contributed by atoms with van der Waals surface area (Å²) in [5.74, 6) is -0.915. The average molecular weight is 518 g/mol. The Morgan fingerprint density at radius 1 is 1.03 bits per heavy atom. The van der Waals surface area contributed by atoms with Crippen LogP contribution in [0.4, 0.5) is 10.5 Å². The second-order valence-corrected chi connectivity index (χ2v) is 10.7. The number of benzene rings is 3. The quantitative estimate of drug-likeness (QED) is 0.387. The molecule has 38 heavy (non-hydrogen) atoms. The highest BCUT2D eigenvalue weighted by atomic mass is 16.6. The number of alkyl carbamates (subject to hydrolysis) is 1. The number of nitrogens with one attached hydrogen (secondary N) is 2. The fourth-order valence-corrected chi connectivity index (χ4v) is 4.57. The van der Waals surface area contributed by atoms with E-state index in [0.29, 0.717) is 16.8 Å². The number of amides is 3. The van der Waals surface area contributed by atoms with Gasteiger partial charge in [0.2, 0.25) is 5.91 Å². The summed E-state index contributed by atoms with van der Waals surface area (Å²) >= 11 is 0. The number of aryl methyl sites for hydroxylation is 1. The molecule has 3 aromatic rings. The third kappa shape index (κ3) is 6.25. The number of rotatable bonds is 7. The standard InChI is InChI=1S/C30H35N3O5/c1-19-9-7-14-24(27(19)35)26(28(36)32-22-16-15-20-10-5-6-11-21(20)17-22)33(23-12-8-13-23)25(34)18-31-29(37)38-30(2,3)4/h5-7,9-11,14-17,23,26,35H,8,12-13,18H2,1-4H3,(H,31,37)(H,32,36). The van der Waals surface area contributed by atoms with Gasteiger partial charge in [0, 0.05) is 17.3 Å². The summed E-state index contributed by atoms with van der Waals surface area (Å²) in [6, 6.07) is 17.3. The molecule has 8 heteroatoms. The van der Waals surface area contributed by atoms with E-state index in [2.05, 4.69) is 10.6 Å². The number of carbonyl (C=O) groups is 3. The minimum Gasteiger partial charge on any atom is -0.507 e. The Bertz CT molecular complexity index is 1340. The van der Waals surface area contributed by atoms with Gasteiger partial charge < -0.3 is 25.4 Å². The number of anilines is 1. The Labute approximate surface area is 223 Å². The molecule has 1 aliphatic carbocycles. The van der Waals surface area contributed by atoms with Gasteiger partial charge >= 0.3 is 6.09 Å². The lowest BCUT2D eigenvalue weighted by Crippen LogP contribution is -2.53. The first-order valence-electron chi connectivity index (χ1n) is 12.9. The van der Waals surface area contributed by atoms with E-state index in [0.717, 1.165) is 30.0 Å². The highest BCUT2D eigenvalue weighted by molar-refractivity contribution is 6.00. The van der Waals surface area contributed by atoms with Crippen LogP contribution in [0.5, 0.6) is 5.75 Å². The van der Waals surface area contributed by atoms with E-state index < -0.39 is 29.6 Å². The van der Waals surface area contributed by atoms with Gasteiger partial charge in [0.1, 0.15) is 23.9 Å². The van der Waals surface area contributed by atoms with E-state index in [1.165, 1.54) is 4.90 Å². The maximum Gasteiger partial charge on any atom is 0.408 e. The van der Waals surface area contributed by atoms with Crippen LogP contribution in [0.25, 0.3) is 10.8 Å². The SMILES string of the molecule is Cc1cccc(C(C(=O)Nc2ccc3ccccc3c2)N(C(=O)CNC(=O)OC(C)(C)C)C2CCC2)c1O. The summed E-state index contributed by atoms with van der Waals surface area (Å²) in [5.41, 5.74) is 0.801. The summed E-state index contributed by atoms with van der Waals surface area (Å²) in [6.07, 6.45) is 1.66. The normalized spacial score (nSPS) is 14.3. The highest BCUT2D eigenvalue weighted by Crippen LogP contribution is 2.38. The minimum atomic E-state index is -1.10. The highest BCUT2D eigenvalue weighted by Gasteiger charge is 2.40. The molecular formula is C30H35N3O5. The number of aromatic hydroxyl groups is 1. The van der Waals surface area contributed by atoms with Crippen molar-refractivity contribution in [2.24, 2.45) is 0 Å². The van der Waals surface area contributed by atoms with Crippen molar-refractivity contribution in [1.29, 1.82) is 0 Å². The predicted molar refractivity (Wildman–Crippen MR) is 147 cm³/mol. The van der Waals surface area contributed by atoms with Gasteiger partial charge in [0.05, 0.1) is 0 Å². The smallest absolute Gasteiger partial charge is 0.408 e. The first-order valence-corrected chi connectivity index (χ1v) is 12.9. The van der Waals surface area contributed by atoms with Crippen molar-refractivity contribution in [2.45, 2.75) is 64.6 Å². The summed E-state index contributed by atoms with van der Waals surface area (Å²) < 4.78 is 5.27. The number of hydrogen-bond acceptors (Lipinski definition) is 5. The number of fused-ring (bicyclic) bond motifs is 1. The molecule has 3 N–H and O–H groups in total. The first-order chi connectivity index (χ1) is 18.0. The van der Waals surface area contributed by atoms with Crippen LogP contribution >= 0.6 is 0 Å². The van der Waals surface area contributed by atoms with Crippen molar-refractivity contribution in [1.82, 2.24) is 10.2 Å². The summed E-state index contributed by atoms with van der Waals surface area (Å²) in [5, 5.41) is 18.4. The number of para-hydroxylation sites is 1. The Hall–Kier alpha value is -4.07. The number of phenols is 1. The molecule has 0 radical (unpaired) electrons. The fourth-order valence-electron chi connectivity index (χ4n) is 4.57. The van der Waals surface area contributed by atoms with Crippen LogP contribution in [0.15, 0.2) is 60.7 Å². The molecule has 0 aliphatic heterocycles. The van der Waals surface area contributed by atoms with E-state index in [-0.39, 0.29) is 18.3 Å². The van der Waals surface area contributed by atoms with Crippen LogP contribution in [0.2, 0.25) is 0 Å². The van der Waals surface area contributed by atoms with Crippen LogP contribution in [0.1, 0.15) is 57.2 Å². The molecule has 0 saturated heterocycles. The minimum absolute atomic E-state index is 0.0385. The molecule has 1 atom stereocenters. The largest absolute Gasteiger partial charge is 0.507 e. The summed E-state index contributed by atoms with van der Waals surface area (Å²) in [7, 11) is 0. The average Bonchev–Trinajstić information content (AvgIpc) is 2.82. The van der Waals surface area contributed by atoms with E-state index in [1.54, 1.807) is 45.9 Å². The van der Waals surface area contributed by atoms with Crippen molar-refractivity contribution < 1.29 is 24.2 Å². The van der Waals surface area contributed by atoms with Gasteiger partial charge in [-0.2, -0.15) is 0 Å². The Balaban J connectivity index is 1.66.